The summed E-state index contributed by atoms with van der Waals surface area (Å²) in [5.74, 6) is -0.858. The highest BCUT2D eigenvalue weighted by atomic mass is 19.1. The molecular weight excluding hydrogens is 487 g/mol. The molecule has 1 heterocycles. The fourth-order valence-electron chi connectivity index (χ4n) is 4.30. The molecule has 1 aliphatic rings. The molecule has 4 rings (SSSR count). The van der Waals surface area contributed by atoms with Crippen molar-refractivity contribution < 1.29 is 28.6 Å². The van der Waals surface area contributed by atoms with Crippen LogP contribution in [0.4, 0.5) is 4.39 Å². The minimum atomic E-state index is -0.793. The van der Waals surface area contributed by atoms with E-state index in [1.165, 1.54) is 29.2 Å². The summed E-state index contributed by atoms with van der Waals surface area (Å²) in [7, 11) is 3.75. The molecule has 38 heavy (non-hydrogen) atoms. The third-order valence-electron chi connectivity index (χ3n) is 6.34. The van der Waals surface area contributed by atoms with Crippen LogP contribution in [0.25, 0.3) is 5.76 Å². The lowest BCUT2D eigenvalue weighted by Crippen LogP contribution is -2.35. The number of hydrogen-bond donors (Lipinski definition) is 1. The van der Waals surface area contributed by atoms with E-state index in [-0.39, 0.29) is 23.4 Å². The number of ether oxygens (including phenoxy) is 2. The zero-order valence-corrected chi connectivity index (χ0v) is 21.7. The van der Waals surface area contributed by atoms with Crippen LogP contribution in [0.15, 0.2) is 78.4 Å². The molecule has 0 spiro atoms. The van der Waals surface area contributed by atoms with Crippen LogP contribution in [0.5, 0.6) is 11.5 Å². The molecule has 8 heteroatoms. The average molecular weight is 519 g/mol. The van der Waals surface area contributed by atoms with Crippen LogP contribution in [0.1, 0.15) is 22.7 Å². The summed E-state index contributed by atoms with van der Waals surface area (Å²) in [4.78, 5) is 29.4. The van der Waals surface area contributed by atoms with E-state index in [4.69, 9.17) is 9.47 Å². The number of para-hydroxylation sites is 1. The van der Waals surface area contributed by atoms with E-state index < -0.39 is 23.5 Å². The van der Waals surface area contributed by atoms with Gasteiger partial charge in [0, 0.05) is 18.7 Å². The first-order valence-corrected chi connectivity index (χ1v) is 12.4. The lowest BCUT2D eigenvalue weighted by atomic mass is 9.95. The van der Waals surface area contributed by atoms with Crippen molar-refractivity contribution in [1.29, 1.82) is 0 Å². The summed E-state index contributed by atoms with van der Waals surface area (Å²) in [6, 6.07) is 19.2. The Morgan fingerprint density at radius 3 is 2.26 bits per heavy atom. The third-order valence-corrected chi connectivity index (χ3v) is 6.34. The van der Waals surface area contributed by atoms with Crippen LogP contribution in [-0.4, -0.2) is 67.0 Å². The summed E-state index contributed by atoms with van der Waals surface area (Å²) in [6.07, 6.45) is 0. The molecule has 0 unspecified atom stereocenters. The SMILES string of the molecule is Cc1ccccc1OCCOc1ccc([C@H]2/C(=C(\O)c3ccc(F)cc3)C(=O)C(=O)N2CCN(C)C)cc1. The molecule has 1 atom stereocenters. The number of hydrogen-bond acceptors (Lipinski definition) is 6. The number of Topliss-reactive ketones (excluding diaryl/α,β-unsaturated/α-hetero) is 1. The van der Waals surface area contributed by atoms with Gasteiger partial charge in [-0.1, -0.05) is 30.3 Å². The first-order valence-electron chi connectivity index (χ1n) is 12.4. The van der Waals surface area contributed by atoms with Gasteiger partial charge in [-0.15, -0.1) is 0 Å². The monoisotopic (exact) mass is 518 g/mol. The van der Waals surface area contributed by atoms with Gasteiger partial charge >= 0.3 is 0 Å². The smallest absolute Gasteiger partial charge is 0.295 e. The van der Waals surface area contributed by atoms with Gasteiger partial charge in [0.25, 0.3) is 11.7 Å². The van der Waals surface area contributed by atoms with Crippen molar-refractivity contribution in [2.75, 3.05) is 40.4 Å². The Balaban J connectivity index is 1.55. The number of halogens is 1. The molecule has 1 saturated heterocycles. The molecule has 0 saturated carbocycles. The predicted molar refractivity (Wildman–Crippen MR) is 143 cm³/mol. The second-order valence-corrected chi connectivity index (χ2v) is 9.33. The van der Waals surface area contributed by atoms with Gasteiger partial charge in [-0.2, -0.15) is 0 Å². The highest BCUT2D eigenvalue weighted by Gasteiger charge is 2.45. The number of aryl methyl sites for hydroxylation is 1. The number of rotatable bonds is 10. The molecule has 1 N–H and O–H groups in total. The highest BCUT2D eigenvalue weighted by Crippen LogP contribution is 2.39. The molecule has 3 aromatic carbocycles. The van der Waals surface area contributed by atoms with Gasteiger partial charge in [0.15, 0.2) is 0 Å². The van der Waals surface area contributed by atoms with E-state index in [0.29, 0.717) is 31.1 Å². The third kappa shape index (κ3) is 6.03. The normalized spacial score (nSPS) is 16.8. The van der Waals surface area contributed by atoms with Crippen molar-refractivity contribution in [3.8, 4) is 11.5 Å². The van der Waals surface area contributed by atoms with Gasteiger partial charge in [-0.05, 0) is 74.6 Å². The summed E-state index contributed by atoms with van der Waals surface area (Å²) in [6.45, 7) is 3.50. The minimum Gasteiger partial charge on any atom is -0.507 e. The van der Waals surface area contributed by atoms with Crippen LogP contribution in [-0.2, 0) is 9.59 Å². The van der Waals surface area contributed by atoms with Crippen LogP contribution < -0.4 is 9.47 Å². The van der Waals surface area contributed by atoms with E-state index in [9.17, 15) is 19.1 Å². The second kappa shape index (κ2) is 11.9. The largest absolute Gasteiger partial charge is 0.507 e. The van der Waals surface area contributed by atoms with Crippen molar-refractivity contribution in [3.63, 3.8) is 0 Å². The van der Waals surface area contributed by atoms with E-state index in [1.807, 2.05) is 50.2 Å². The van der Waals surface area contributed by atoms with Crippen LogP contribution in [0.2, 0.25) is 0 Å². The highest BCUT2D eigenvalue weighted by molar-refractivity contribution is 6.46. The zero-order valence-electron chi connectivity index (χ0n) is 21.7. The first-order chi connectivity index (χ1) is 18.3. The van der Waals surface area contributed by atoms with Gasteiger partial charge in [0.05, 0.1) is 11.6 Å². The van der Waals surface area contributed by atoms with E-state index in [1.54, 1.807) is 24.3 Å². The molecule has 0 aromatic heterocycles. The van der Waals surface area contributed by atoms with E-state index in [2.05, 4.69) is 0 Å². The Bertz CT molecular complexity index is 1320. The van der Waals surface area contributed by atoms with Crippen molar-refractivity contribution in [3.05, 3.63) is 101 Å². The van der Waals surface area contributed by atoms with Crippen LogP contribution >= 0.6 is 0 Å². The molecular formula is C30H31FN2O5. The zero-order chi connectivity index (χ0) is 27.2. The Morgan fingerprint density at radius 1 is 0.947 bits per heavy atom. The Kier molecular flexibility index (Phi) is 8.43. The lowest BCUT2D eigenvalue weighted by molar-refractivity contribution is -0.140. The van der Waals surface area contributed by atoms with Gasteiger partial charge in [0.1, 0.15) is 36.3 Å². The molecule has 1 aliphatic heterocycles. The summed E-state index contributed by atoms with van der Waals surface area (Å²) >= 11 is 0. The minimum absolute atomic E-state index is 0.0272. The maximum absolute atomic E-state index is 13.4. The number of ketones is 1. The Hall–Kier alpha value is -4.17. The number of carbonyl (C=O) groups is 2. The Morgan fingerprint density at radius 2 is 1.61 bits per heavy atom. The molecule has 0 bridgehead atoms. The van der Waals surface area contributed by atoms with Gasteiger partial charge in [-0.3, -0.25) is 9.59 Å². The van der Waals surface area contributed by atoms with Crippen molar-refractivity contribution in [1.82, 2.24) is 9.80 Å². The van der Waals surface area contributed by atoms with Crippen LogP contribution in [0, 0.1) is 12.7 Å². The first kappa shape index (κ1) is 26.9. The molecule has 1 fully saturated rings. The molecule has 0 radical (unpaired) electrons. The van der Waals surface area contributed by atoms with Crippen LogP contribution in [0.3, 0.4) is 0 Å². The second-order valence-electron chi connectivity index (χ2n) is 9.33. The average Bonchev–Trinajstić information content (AvgIpc) is 3.16. The number of carbonyl (C=O) groups excluding carboxylic acids is 2. The fraction of sp³-hybridized carbons (Fsp3) is 0.267. The molecule has 3 aromatic rings. The van der Waals surface area contributed by atoms with Gasteiger partial charge < -0.3 is 24.4 Å². The summed E-state index contributed by atoms with van der Waals surface area (Å²) in [5, 5.41) is 11.0. The van der Waals surface area contributed by atoms with E-state index in [0.717, 1.165) is 11.3 Å². The number of aliphatic hydroxyl groups is 1. The van der Waals surface area contributed by atoms with Gasteiger partial charge in [-0.25, -0.2) is 4.39 Å². The Labute approximate surface area is 221 Å². The van der Waals surface area contributed by atoms with Crippen molar-refractivity contribution >= 4 is 17.4 Å². The quantitative estimate of drug-likeness (QED) is 0.183. The predicted octanol–water partition coefficient (Wildman–Crippen LogP) is 4.58. The molecule has 198 valence electrons. The number of nitrogens with zero attached hydrogens (tertiary/aromatic N) is 2. The maximum Gasteiger partial charge on any atom is 0.295 e. The molecule has 1 amide bonds. The number of aliphatic hydroxyl groups excluding tert-OH is 1. The van der Waals surface area contributed by atoms with Crippen molar-refractivity contribution in [2.45, 2.75) is 13.0 Å². The van der Waals surface area contributed by atoms with Gasteiger partial charge in [0.2, 0.25) is 0 Å². The van der Waals surface area contributed by atoms with Crippen molar-refractivity contribution in [2.24, 2.45) is 0 Å². The maximum atomic E-state index is 13.4. The van der Waals surface area contributed by atoms with E-state index >= 15 is 0 Å². The standard InChI is InChI=1S/C30H31FN2O5/c1-20-6-4-5-7-25(20)38-19-18-37-24-14-10-21(11-15-24)27-26(28(34)22-8-12-23(31)13-9-22)29(35)30(36)33(27)17-16-32(2)3/h4-15,27,34H,16-19H2,1-3H3/b28-26+/t27-/m0/s1. The number of amides is 1. The number of likely N-dealkylation sites (N-methyl/N-ethyl adjacent to an activating group) is 1. The summed E-state index contributed by atoms with van der Waals surface area (Å²) < 4.78 is 25.0. The lowest BCUT2D eigenvalue weighted by Gasteiger charge is -2.26. The summed E-state index contributed by atoms with van der Waals surface area (Å²) in [5.41, 5.74) is 1.93. The fourth-order valence-corrected chi connectivity index (χ4v) is 4.30. The molecule has 7 nitrogen and oxygen atoms in total. The number of benzene rings is 3. The number of likely N-dealkylation sites (tertiary alicyclic amines) is 1. The molecule has 0 aliphatic carbocycles. The topological polar surface area (TPSA) is 79.3 Å².